The number of carbonyl (C=O) groups is 3. The van der Waals surface area contributed by atoms with Crippen LogP contribution in [0.1, 0.15) is 44.1 Å². The van der Waals surface area contributed by atoms with Crippen LogP contribution in [0.15, 0.2) is 30.3 Å². The maximum Gasteiger partial charge on any atom is 0.345 e. The first-order chi connectivity index (χ1) is 13.6. The fourth-order valence-corrected chi connectivity index (χ4v) is 4.41. The first-order valence-corrected chi connectivity index (χ1v) is 9.95. The summed E-state index contributed by atoms with van der Waals surface area (Å²) < 4.78 is 0. The molecule has 2 atom stereocenters. The third kappa shape index (κ3) is 3.49. The zero-order chi connectivity index (χ0) is 19.7. The zero-order valence-corrected chi connectivity index (χ0v) is 15.8. The smallest absolute Gasteiger partial charge is 0.309 e. The van der Waals surface area contributed by atoms with Crippen molar-refractivity contribution in [2.75, 3.05) is 6.54 Å². The van der Waals surface area contributed by atoms with Crippen LogP contribution in [0.4, 0.5) is 4.79 Å². The summed E-state index contributed by atoms with van der Waals surface area (Å²) in [6.07, 6.45) is 4.64. The molecule has 3 fully saturated rings. The molecule has 8 heteroatoms. The number of fused-ring (bicyclic) bond motifs is 2. The number of hydrogen-bond acceptors (Lipinski definition) is 5. The van der Waals surface area contributed by atoms with E-state index >= 15 is 0 Å². The van der Waals surface area contributed by atoms with E-state index < -0.39 is 11.9 Å². The number of piperidine rings is 1. The highest BCUT2D eigenvalue weighted by Crippen LogP contribution is 2.32. The van der Waals surface area contributed by atoms with Crippen LogP contribution >= 0.6 is 0 Å². The summed E-state index contributed by atoms with van der Waals surface area (Å²) in [7, 11) is 0. The summed E-state index contributed by atoms with van der Waals surface area (Å²) in [4.78, 5) is 45.4. The van der Waals surface area contributed by atoms with Crippen molar-refractivity contribution in [2.45, 2.75) is 57.2 Å². The highest BCUT2D eigenvalue weighted by Gasteiger charge is 2.49. The molecular weight excluding hydrogens is 360 g/mol. The topological polar surface area (TPSA) is 96.2 Å². The number of benzene rings is 1. The van der Waals surface area contributed by atoms with E-state index in [1.807, 2.05) is 30.3 Å². The maximum atomic E-state index is 12.8. The summed E-state index contributed by atoms with van der Waals surface area (Å²) in [5.74, 6) is 4.87. The van der Waals surface area contributed by atoms with E-state index in [9.17, 15) is 14.4 Å². The summed E-state index contributed by atoms with van der Waals surface area (Å²) in [6, 6.07) is 8.49. The SMILES string of the molecule is NN(C(=O)C1CCCC1)C(=O)[C@@H]1CC[C@@H]2CN1C(=O)N2OCc1ccccc1. The number of hydroxylamine groups is 2. The molecule has 2 heterocycles. The number of rotatable bonds is 5. The molecule has 0 aromatic heterocycles. The van der Waals surface area contributed by atoms with Gasteiger partial charge in [0.25, 0.3) is 5.91 Å². The molecule has 2 aliphatic heterocycles. The molecular formula is C20H26N4O4. The number of amides is 4. The minimum atomic E-state index is -0.704. The molecule has 150 valence electrons. The fourth-order valence-electron chi connectivity index (χ4n) is 4.41. The monoisotopic (exact) mass is 386 g/mol. The number of carbonyl (C=O) groups excluding carboxylic acids is 3. The van der Waals surface area contributed by atoms with E-state index in [-0.39, 0.29) is 23.9 Å². The van der Waals surface area contributed by atoms with Crippen LogP contribution in [0.3, 0.4) is 0 Å². The summed E-state index contributed by atoms with van der Waals surface area (Å²) >= 11 is 0. The van der Waals surface area contributed by atoms with E-state index in [4.69, 9.17) is 10.7 Å². The first-order valence-electron chi connectivity index (χ1n) is 9.95. The van der Waals surface area contributed by atoms with Crippen molar-refractivity contribution >= 4 is 17.8 Å². The number of urea groups is 1. The van der Waals surface area contributed by atoms with Gasteiger partial charge in [0, 0.05) is 12.5 Å². The van der Waals surface area contributed by atoms with Gasteiger partial charge in [0.15, 0.2) is 0 Å². The van der Waals surface area contributed by atoms with Gasteiger partial charge in [0.05, 0.1) is 6.04 Å². The molecule has 1 aromatic rings. The molecule has 4 amide bonds. The largest absolute Gasteiger partial charge is 0.345 e. The molecule has 2 bridgehead atoms. The van der Waals surface area contributed by atoms with Gasteiger partial charge in [-0.15, -0.1) is 0 Å². The van der Waals surface area contributed by atoms with Crippen molar-refractivity contribution in [3.8, 4) is 0 Å². The molecule has 4 rings (SSSR count). The third-order valence-corrected chi connectivity index (χ3v) is 6.00. The van der Waals surface area contributed by atoms with Gasteiger partial charge in [0.1, 0.15) is 12.6 Å². The number of imide groups is 1. The molecule has 1 aliphatic carbocycles. The summed E-state index contributed by atoms with van der Waals surface area (Å²) in [5.41, 5.74) is 0.967. The van der Waals surface area contributed by atoms with Crippen LogP contribution in [0, 0.1) is 5.92 Å². The van der Waals surface area contributed by atoms with Gasteiger partial charge in [-0.3, -0.25) is 14.4 Å². The van der Waals surface area contributed by atoms with Crippen LogP contribution in [0.2, 0.25) is 0 Å². The molecule has 2 N–H and O–H groups in total. The predicted octanol–water partition coefficient (Wildman–Crippen LogP) is 1.81. The number of hydrogen-bond donors (Lipinski definition) is 1. The Labute approximate surface area is 164 Å². The Morgan fingerprint density at radius 2 is 1.79 bits per heavy atom. The van der Waals surface area contributed by atoms with Crippen LogP contribution in [-0.4, -0.2) is 51.4 Å². The Morgan fingerprint density at radius 3 is 2.50 bits per heavy atom. The van der Waals surface area contributed by atoms with Gasteiger partial charge in [-0.05, 0) is 31.2 Å². The number of nitrogens with two attached hydrogens (primary N) is 1. The Balaban J connectivity index is 1.39. The maximum absolute atomic E-state index is 12.8. The van der Waals surface area contributed by atoms with Gasteiger partial charge < -0.3 is 4.90 Å². The van der Waals surface area contributed by atoms with Crippen LogP contribution in [0.5, 0.6) is 0 Å². The van der Waals surface area contributed by atoms with Gasteiger partial charge in [-0.25, -0.2) is 15.6 Å². The molecule has 0 unspecified atom stereocenters. The highest BCUT2D eigenvalue weighted by atomic mass is 16.7. The Kier molecular flexibility index (Phi) is 5.32. The lowest BCUT2D eigenvalue weighted by Gasteiger charge is -2.32. The van der Waals surface area contributed by atoms with Crippen molar-refractivity contribution < 1.29 is 19.2 Å². The number of hydrazine groups is 1. The molecule has 1 saturated carbocycles. The van der Waals surface area contributed by atoms with Crippen molar-refractivity contribution in [1.29, 1.82) is 0 Å². The quantitative estimate of drug-likeness (QED) is 0.360. The highest BCUT2D eigenvalue weighted by molar-refractivity contribution is 5.99. The standard InChI is InChI=1S/C20H26N4O4/c21-23(18(25)15-8-4-5-9-15)19(26)17-11-10-16-12-22(17)20(27)24(16)28-13-14-6-2-1-3-7-14/h1-3,6-7,15-17H,4-5,8-13,21H2/t16-,17+/m1/s1. The molecule has 28 heavy (non-hydrogen) atoms. The Hall–Kier alpha value is -2.45. The minimum absolute atomic E-state index is 0.0861. The van der Waals surface area contributed by atoms with Crippen molar-refractivity contribution in [1.82, 2.24) is 15.0 Å². The Bertz CT molecular complexity index is 750. The predicted molar refractivity (Wildman–Crippen MR) is 100.0 cm³/mol. The second-order valence-corrected chi connectivity index (χ2v) is 7.79. The van der Waals surface area contributed by atoms with E-state index in [0.29, 0.717) is 26.0 Å². The second-order valence-electron chi connectivity index (χ2n) is 7.79. The van der Waals surface area contributed by atoms with Crippen molar-refractivity contribution in [3.05, 3.63) is 35.9 Å². The number of nitrogens with zero attached hydrogens (tertiary/aromatic N) is 3. The van der Waals surface area contributed by atoms with Crippen molar-refractivity contribution in [3.63, 3.8) is 0 Å². The third-order valence-electron chi connectivity index (χ3n) is 6.00. The molecule has 0 spiro atoms. The van der Waals surface area contributed by atoms with E-state index in [0.717, 1.165) is 36.3 Å². The van der Waals surface area contributed by atoms with Gasteiger partial charge in [0.2, 0.25) is 5.91 Å². The van der Waals surface area contributed by atoms with Gasteiger partial charge in [-0.1, -0.05) is 43.2 Å². The van der Waals surface area contributed by atoms with E-state index in [1.165, 1.54) is 9.96 Å². The zero-order valence-electron chi connectivity index (χ0n) is 15.8. The molecule has 3 aliphatic rings. The summed E-state index contributed by atoms with van der Waals surface area (Å²) in [6.45, 7) is 0.703. The van der Waals surface area contributed by atoms with Crippen molar-refractivity contribution in [2.24, 2.45) is 11.8 Å². The minimum Gasteiger partial charge on any atom is -0.309 e. The first kappa shape index (κ1) is 18.9. The van der Waals surface area contributed by atoms with Gasteiger partial charge in [-0.2, -0.15) is 5.06 Å². The van der Waals surface area contributed by atoms with Crippen LogP contribution in [-0.2, 0) is 21.0 Å². The molecule has 2 saturated heterocycles. The second kappa shape index (κ2) is 7.89. The molecule has 8 nitrogen and oxygen atoms in total. The van der Waals surface area contributed by atoms with Crippen LogP contribution in [0.25, 0.3) is 0 Å². The molecule has 0 radical (unpaired) electrons. The van der Waals surface area contributed by atoms with Gasteiger partial charge >= 0.3 is 6.03 Å². The average molecular weight is 386 g/mol. The lowest BCUT2D eigenvalue weighted by molar-refractivity contribution is -0.151. The Morgan fingerprint density at radius 1 is 1.07 bits per heavy atom. The fraction of sp³-hybridized carbons (Fsp3) is 0.550. The lowest BCUT2D eigenvalue weighted by Crippen LogP contribution is -2.56. The van der Waals surface area contributed by atoms with E-state index in [1.54, 1.807) is 0 Å². The normalized spacial score (nSPS) is 24.7. The van der Waals surface area contributed by atoms with Crippen LogP contribution < -0.4 is 5.84 Å². The lowest BCUT2D eigenvalue weighted by atomic mass is 9.99. The summed E-state index contributed by atoms with van der Waals surface area (Å²) in [5, 5.41) is 2.13. The average Bonchev–Trinajstić information content (AvgIpc) is 3.34. The van der Waals surface area contributed by atoms with E-state index in [2.05, 4.69) is 0 Å². The molecule has 1 aromatic carbocycles.